The minimum absolute atomic E-state index is 0.638. The fourth-order valence-corrected chi connectivity index (χ4v) is 8.31. The highest BCUT2D eigenvalue weighted by Crippen LogP contribution is 2.24. The van der Waals surface area contributed by atoms with E-state index in [1.54, 1.807) is 0 Å². The van der Waals surface area contributed by atoms with Gasteiger partial charge in [0.2, 0.25) is 0 Å². The third-order valence-corrected chi connectivity index (χ3v) is 11.8. The Balaban J connectivity index is 2.04. The van der Waals surface area contributed by atoms with Crippen molar-refractivity contribution in [2.75, 3.05) is 13.1 Å². The van der Waals surface area contributed by atoms with E-state index >= 15 is 0 Å². The Morgan fingerprint density at radius 3 is 0.700 bits per heavy atom. The van der Waals surface area contributed by atoms with Gasteiger partial charge in [0, 0.05) is 25.5 Å². The van der Waals surface area contributed by atoms with Crippen molar-refractivity contribution in [2.24, 2.45) is 0 Å². The van der Waals surface area contributed by atoms with E-state index in [2.05, 4.69) is 43.0 Å². The first-order chi connectivity index (χ1) is 24.8. The molecule has 0 spiro atoms. The predicted octanol–water partition coefficient (Wildman–Crippen LogP) is 17.1. The summed E-state index contributed by atoms with van der Waals surface area (Å²) in [7, 11) is 0. The number of rotatable bonds is 42. The highest BCUT2D eigenvalue weighted by Gasteiger charge is 2.24. The van der Waals surface area contributed by atoms with Crippen molar-refractivity contribution in [1.82, 2.24) is 9.80 Å². The van der Waals surface area contributed by atoms with Crippen molar-refractivity contribution >= 4 is 0 Å². The zero-order valence-electron chi connectivity index (χ0n) is 35.3. The van der Waals surface area contributed by atoms with Crippen LogP contribution in [0, 0.1) is 0 Å². The summed E-state index contributed by atoms with van der Waals surface area (Å²) in [5, 5.41) is 0. The van der Waals surface area contributed by atoms with E-state index in [0.717, 1.165) is 0 Å². The van der Waals surface area contributed by atoms with Gasteiger partial charge in [0.25, 0.3) is 0 Å². The second kappa shape index (κ2) is 39.5. The van der Waals surface area contributed by atoms with E-state index in [1.807, 2.05) is 0 Å². The summed E-state index contributed by atoms with van der Waals surface area (Å²) in [5.74, 6) is 0. The monoisotopic (exact) mass is 701 g/mol. The van der Waals surface area contributed by atoms with E-state index in [1.165, 1.54) is 270 Å². The lowest BCUT2D eigenvalue weighted by Gasteiger charge is -2.33. The van der Waals surface area contributed by atoms with Crippen molar-refractivity contribution in [3.63, 3.8) is 0 Å². The maximum absolute atomic E-state index is 2.72. The van der Waals surface area contributed by atoms with Crippen LogP contribution < -0.4 is 0 Å². The maximum atomic E-state index is 2.72. The first kappa shape index (κ1) is 47.4. The number of unbranched alkanes of at least 4 members (excludes halogenated alkanes) is 36. The van der Waals surface area contributed by atoms with Crippen LogP contribution in [0.3, 0.4) is 0 Å². The number of hydrogen-bond acceptors (Lipinski definition) is 2. The second-order valence-corrected chi connectivity index (χ2v) is 16.8. The van der Waals surface area contributed by atoms with E-state index in [4.69, 9.17) is 0 Å². The Bertz CT molecular complexity index is 611. The normalized spacial score (nSPS) is 13.4. The fraction of sp³-hybridized carbons (Fsp3) is 0.958. The van der Waals surface area contributed by atoms with Crippen LogP contribution >= 0.6 is 0 Å². The molecule has 0 saturated carbocycles. The molecule has 1 aliphatic heterocycles. The minimum Gasteiger partial charge on any atom is -0.356 e. The van der Waals surface area contributed by atoms with E-state index in [9.17, 15) is 0 Å². The van der Waals surface area contributed by atoms with Crippen molar-refractivity contribution in [3.05, 3.63) is 12.4 Å². The molecule has 2 heteroatoms. The van der Waals surface area contributed by atoms with Crippen molar-refractivity contribution in [2.45, 2.75) is 284 Å². The highest BCUT2D eigenvalue weighted by atomic mass is 15.4. The highest BCUT2D eigenvalue weighted by molar-refractivity contribution is 4.97. The summed E-state index contributed by atoms with van der Waals surface area (Å²) in [4.78, 5) is 5.44. The molecule has 0 aromatic carbocycles. The van der Waals surface area contributed by atoms with Crippen LogP contribution in [-0.2, 0) is 0 Å². The molecule has 0 bridgehead atoms. The van der Waals surface area contributed by atoms with Gasteiger partial charge in [0.15, 0.2) is 0 Å². The molecule has 1 rings (SSSR count). The molecule has 0 saturated heterocycles. The van der Waals surface area contributed by atoms with Gasteiger partial charge in [-0.3, -0.25) is 0 Å². The van der Waals surface area contributed by atoms with Gasteiger partial charge >= 0.3 is 0 Å². The molecule has 0 fully saturated rings. The molecule has 1 aliphatic rings. The van der Waals surface area contributed by atoms with Crippen LogP contribution in [0.1, 0.15) is 278 Å². The molecular weight excluding hydrogens is 605 g/mol. The van der Waals surface area contributed by atoms with Crippen molar-refractivity contribution < 1.29 is 0 Å². The van der Waals surface area contributed by atoms with Crippen LogP contribution in [0.2, 0.25) is 0 Å². The quantitative estimate of drug-likeness (QED) is 0.0585. The summed E-state index contributed by atoms with van der Waals surface area (Å²) in [6.07, 6.45) is 63.4. The molecule has 2 nitrogen and oxygen atoms in total. The molecule has 0 aromatic heterocycles. The summed E-state index contributed by atoms with van der Waals surface area (Å²) in [6.45, 7) is 9.50. The number of nitrogens with zero attached hydrogens (tertiary/aromatic N) is 2. The zero-order chi connectivity index (χ0) is 35.8. The van der Waals surface area contributed by atoms with Gasteiger partial charge in [-0.15, -0.1) is 0 Å². The van der Waals surface area contributed by atoms with Gasteiger partial charge in [-0.05, 0) is 25.7 Å². The molecule has 0 atom stereocenters. The van der Waals surface area contributed by atoms with Crippen molar-refractivity contribution in [3.8, 4) is 0 Å². The Labute approximate surface area is 318 Å². The van der Waals surface area contributed by atoms with Crippen LogP contribution in [0.25, 0.3) is 0 Å². The molecular formula is C48H96N2. The standard InChI is InChI=1S/C48H96N2/c1-4-7-10-13-15-17-19-21-23-25-27-29-31-33-35-38-41-44-49-46-47-50(48(49)43-40-37-12-9-6-3)45-42-39-36-34-32-30-28-26-24-22-20-18-16-14-11-8-5-2/h46-48H,4-45H2,1-3H3. The molecule has 298 valence electrons. The largest absolute Gasteiger partial charge is 0.356 e. The lowest BCUT2D eigenvalue weighted by atomic mass is 10.0. The lowest BCUT2D eigenvalue weighted by Crippen LogP contribution is -2.39. The molecule has 0 N–H and O–H groups in total. The van der Waals surface area contributed by atoms with Crippen LogP contribution in [0.15, 0.2) is 12.4 Å². The van der Waals surface area contributed by atoms with E-state index in [-0.39, 0.29) is 0 Å². The third kappa shape index (κ3) is 30.9. The SMILES string of the molecule is CCCCCCCCCCCCCCCCCCCN1C=CN(CCCCCCCCCCCCCCCCCCC)C1CCCCCCC. The molecule has 0 unspecified atom stereocenters. The Morgan fingerprint density at radius 1 is 0.260 bits per heavy atom. The zero-order valence-corrected chi connectivity index (χ0v) is 35.3. The van der Waals surface area contributed by atoms with Crippen LogP contribution in [0.5, 0.6) is 0 Å². The van der Waals surface area contributed by atoms with E-state index in [0.29, 0.717) is 6.17 Å². The average Bonchev–Trinajstić information content (AvgIpc) is 3.51. The Kier molecular flexibility index (Phi) is 37.5. The summed E-state index contributed by atoms with van der Waals surface area (Å²) >= 11 is 0. The fourth-order valence-electron chi connectivity index (χ4n) is 8.31. The van der Waals surface area contributed by atoms with E-state index < -0.39 is 0 Å². The molecule has 0 aromatic rings. The molecule has 50 heavy (non-hydrogen) atoms. The molecule has 0 amide bonds. The molecule has 0 aliphatic carbocycles. The topological polar surface area (TPSA) is 6.48 Å². The first-order valence-electron chi connectivity index (χ1n) is 24.0. The lowest BCUT2D eigenvalue weighted by molar-refractivity contribution is 0.135. The first-order valence-corrected chi connectivity index (χ1v) is 24.0. The summed E-state index contributed by atoms with van der Waals surface area (Å²) < 4.78 is 0. The summed E-state index contributed by atoms with van der Waals surface area (Å²) in [6, 6.07) is 0. The molecule has 0 radical (unpaired) electrons. The van der Waals surface area contributed by atoms with Gasteiger partial charge in [-0.2, -0.15) is 0 Å². The van der Waals surface area contributed by atoms with Gasteiger partial charge < -0.3 is 9.80 Å². The molecule has 1 heterocycles. The van der Waals surface area contributed by atoms with Crippen LogP contribution in [0.4, 0.5) is 0 Å². The Hall–Kier alpha value is -0.660. The minimum atomic E-state index is 0.638. The summed E-state index contributed by atoms with van der Waals surface area (Å²) in [5.41, 5.74) is 0. The van der Waals surface area contributed by atoms with Crippen molar-refractivity contribution in [1.29, 1.82) is 0 Å². The maximum Gasteiger partial charge on any atom is 0.101 e. The van der Waals surface area contributed by atoms with Gasteiger partial charge in [0.05, 0.1) is 0 Å². The van der Waals surface area contributed by atoms with Crippen LogP contribution in [-0.4, -0.2) is 29.1 Å². The van der Waals surface area contributed by atoms with Gasteiger partial charge in [-0.1, -0.05) is 252 Å². The van der Waals surface area contributed by atoms with Gasteiger partial charge in [-0.25, -0.2) is 0 Å². The Morgan fingerprint density at radius 2 is 0.460 bits per heavy atom. The number of hydrogen-bond donors (Lipinski definition) is 0. The van der Waals surface area contributed by atoms with Gasteiger partial charge in [0.1, 0.15) is 6.17 Å². The smallest absolute Gasteiger partial charge is 0.101 e. The predicted molar refractivity (Wildman–Crippen MR) is 228 cm³/mol. The third-order valence-electron chi connectivity index (χ3n) is 11.8. The average molecular weight is 701 g/mol. The second-order valence-electron chi connectivity index (χ2n) is 16.8.